The van der Waals surface area contributed by atoms with Gasteiger partial charge in [-0.3, -0.25) is 9.10 Å². The van der Waals surface area contributed by atoms with Gasteiger partial charge in [-0.2, -0.15) is 0 Å². The third kappa shape index (κ3) is 4.01. The first kappa shape index (κ1) is 18.7. The number of carbonyl (C=O) groups excluding carboxylic acids is 1. The summed E-state index contributed by atoms with van der Waals surface area (Å²) in [5, 5.41) is 1.78. The highest BCUT2D eigenvalue weighted by atomic mass is 32.2. The van der Waals surface area contributed by atoms with Crippen molar-refractivity contribution in [2.24, 2.45) is 0 Å². The van der Waals surface area contributed by atoms with E-state index in [2.05, 4.69) is 0 Å². The fraction of sp³-hybridized carbons (Fsp3) is 0.450. The maximum atomic E-state index is 12.8. The molecule has 2 aromatic rings. The van der Waals surface area contributed by atoms with E-state index in [4.69, 9.17) is 0 Å². The first-order chi connectivity index (χ1) is 12.4. The quantitative estimate of drug-likeness (QED) is 0.806. The molecule has 0 aromatic heterocycles. The lowest BCUT2D eigenvalue weighted by atomic mass is 9.94. The van der Waals surface area contributed by atoms with Crippen LogP contribution in [0.1, 0.15) is 32.1 Å². The van der Waals surface area contributed by atoms with Crippen molar-refractivity contribution >= 4 is 32.4 Å². The summed E-state index contributed by atoms with van der Waals surface area (Å²) in [6.45, 7) is -0.167. The van der Waals surface area contributed by atoms with Gasteiger partial charge >= 0.3 is 0 Å². The summed E-state index contributed by atoms with van der Waals surface area (Å²) < 4.78 is 26.2. The molecule has 6 heteroatoms. The third-order valence-electron chi connectivity index (χ3n) is 5.23. The van der Waals surface area contributed by atoms with Crippen LogP contribution in [0.25, 0.3) is 10.8 Å². The summed E-state index contributed by atoms with van der Waals surface area (Å²) in [5.74, 6) is -0.157. The van der Waals surface area contributed by atoms with E-state index < -0.39 is 10.0 Å². The van der Waals surface area contributed by atoms with Crippen molar-refractivity contribution in [2.45, 2.75) is 38.1 Å². The molecule has 1 aliphatic rings. The van der Waals surface area contributed by atoms with Crippen LogP contribution in [0.5, 0.6) is 0 Å². The molecule has 140 valence electrons. The highest BCUT2D eigenvalue weighted by Gasteiger charge is 2.27. The van der Waals surface area contributed by atoms with Gasteiger partial charge < -0.3 is 4.90 Å². The van der Waals surface area contributed by atoms with Crippen LogP contribution in [0.3, 0.4) is 0 Å². The molecule has 26 heavy (non-hydrogen) atoms. The molecule has 0 aliphatic heterocycles. The first-order valence-corrected chi connectivity index (χ1v) is 10.9. The van der Waals surface area contributed by atoms with Crippen molar-refractivity contribution in [3.63, 3.8) is 0 Å². The second kappa shape index (κ2) is 7.66. The number of rotatable bonds is 5. The van der Waals surface area contributed by atoms with Crippen LogP contribution in [0.15, 0.2) is 42.5 Å². The minimum atomic E-state index is -3.58. The molecule has 0 saturated heterocycles. The van der Waals surface area contributed by atoms with Crippen LogP contribution in [0, 0.1) is 0 Å². The number of carbonyl (C=O) groups is 1. The fourth-order valence-electron chi connectivity index (χ4n) is 3.71. The van der Waals surface area contributed by atoms with E-state index >= 15 is 0 Å². The minimum absolute atomic E-state index is 0.157. The van der Waals surface area contributed by atoms with Crippen molar-refractivity contribution in [3.05, 3.63) is 42.5 Å². The third-order valence-corrected chi connectivity index (χ3v) is 6.36. The molecular weight excluding hydrogens is 348 g/mol. The second-order valence-electron chi connectivity index (χ2n) is 7.06. The number of benzene rings is 2. The summed E-state index contributed by atoms with van der Waals surface area (Å²) in [4.78, 5) is 14.6. The summed E-state index contributed by atoms with van der Waals surface area (Å²) in [6, 6.07) is 13.4. The lowest BCUT2D eigenvalue weighted by Crippen LogP contribution is -2.45. The Hall–Kier alpha value is -2.08. The second-order valence-corrected chi connectivity index (χ2v) is 8.97. The zero-order valence-corrected chi connectivity index (χ0v) is 16.2. The zero-order valence-electron chi connectivity index (χ0n) is 15.4. The molecule has 0 radical (unpaired) electrons. The van der Waals surface area contributed by atoms with E-state index in [9.17, 15) is 13.2 Å². The maximum Gasteiger partial charge on any atom is 0.243 e. The topological polar surface area (TPSA) is 57.7 Å². The first-order valence-electron chi connectivity index (χ1n) is 9.09. The Morgan fingerprint density at radius 1 is 1.04 bits per heavy atom. The van der Waals surface area contributed by atoms with E-state index in [1.165, 1.54) is 10.7 Å². The summed E-state index contributed by atoms with van der Waals surface area (Å²) in [7, 11) is -1.79. The molecule has 5 nitrogen and oxygen atoms in total. The number of fused-ring (bicyclic) bond motifs is 1. The van der Waals surface area contributed by atoms with E-state index in [1.807, 2.05) is 36.4 Å². The minimum Gasteiger partial charge on any atom is -0.341 e. The summed E-state index contributed by atoms with van der Waals surface area (Å²) in [5.41, 5.74) is 0.552. The fourth-order valence-corrected chi connectivity index (χ4v) is 4.57. The number of likely N-dealkylation sites (N-methyl/N-ethyl adjacent to an activating group) is 1. The molecule has 0 unspecified atom stereocenters. The average molecular weight is 375 g/mol. The van der Waals surface area contributed by atoms with Gasteiger partial charge in [0.15, 0.2) is 0 Å². The zero-order chi connectivity index (χ0) is 18.7. The number of nitrogens with zero attached hydrogens (tertiary/aromatic N) is 2. The van der Waals surface area contributed by atoms with Crippen LogP contribution in [-0.4, -0.2) is 45.1 Å². The number of sulfonamides is 1. The largest absolute Gasteiger partial charge is 0.341 e. The Bertz CT molecular complexity index is 884. The molecular formula is C20H26N2O3S. The van der Waals surface area contributed by atoms with Gasteiger partial charge in [-0.25, -0.2) is 8.42 Å². The molecule has 1 aliphatic carbocycles. The summed E-state index contributed by atoms with van der Waals surface area (Å²) in [6.07, 6.45) is 6.61. The SMILES string of the molecule is CN(C(=O)CN(c1cccc2ccccc12)S(C)(=O)=O)C1CCCCC1. The molecule has 0 N–H and O–H groups in total. The molecule has 1 fully saturated rings. The Kier molecular flexibility index (Phi) is 5.51. The molecule has 0 heterocycles. The average Bonchev–Trinajstić information content (AvgIpc) is 2.65. The molecule has 0 bridgehead atoms. The monoisotopic (exact) mass is 374 g/mol. The van der Waals surface area contributed by atoms with Crippen LogP contribution in [0.4, 0.5) is 5.69 Å². The highest BCUT2D eigenvalue weighted by molar-refractivity contribution is 7.92. The predicted molar refractivity (Wildman–Crippen MR) is 106 cm³/mol. The number of hydrogen-bond acceptors (Lipinski definition) is 3. The van der Waals surface area contributed by atoms with Crippen molar-refractivity contribution < 1.29 is 13.2 Å². The Labute approximate surface area is 155 Å². The number of hydrogen-bond donors (Lipinski definition) is 0. The molecule has 3 rings (SSSR count). The van der Waals surface area contributed by atoms with E-state index in [0.29, 0.717) is 5.69 Å². The van der Waals surface area contributed by atoms with Crippen molar-refractivity contribution in [3.8, 4) is 0 Å². The van der Waals surface area contributed by atoms with Crippen LogP contribution in [-0.2, 0) is 14.8 Å². The van der Waals surface area contributed by atoms with Gasteiger partial charge in [0.2, 0.25) is 15.9 Å². The highest BCUT2D eigenvalue weighted by Crippen LogP contribution is 2.29. The lowest BCUT2D eigenvalue weighted by Gasteiger charge is -2.33. The molecule has 0 atom stereocenters. The van der Waals surface area contributed by atoms with Gasteiger partial charge in [0, 0.05) is 18.5 Å². The van der Waals surface area contributed by atoms with Gasteiger partial charge in [0.25, 0.3) is 0 Å². The van der Waals surface area contributed by atoms with Crippen LogP contribution >= 0.6 is 0 Å². The van der Waals surface area contributed by atoms with Gasteiger partial charge in [-0.15, -0.1) is 0 Å². The van der Waals surface area contributed by atoms with E-state index in [0.717, 1.165) is 42.7 Å². The molecule has 0 spiro atoms. The normalized spacial score (nSPS) is 15.8. The van der Waals surface area contributed by atoms with E-state index in [1.54, 1.807) is 18.0 Å². The van der Waals surface area contributed by atoms with Crippen molar-refractivity contribution in [1.82, 2.24) is 4.90 Å². The summed E-state index contributed by atoms with van der Waals surface area (Å²) >= 11 is 0. The van der Waals surface area contributed by atoms with Crippen molar-refractivity contribution in [1.29, 1.82) is 0 Å². The number of amides is 1. The molecule has 1 saturated carbocycles. The molecule has 2 aromatic carbocycles. The van der Waals surface area contributed by atoms with Gasteiger partial charge in [0.1, 0.15) is 6.54 Å². The van der Waals surface area contributed by atoms with E-state index in [-0.39, 0.29) is 18.5 Å². The van der Waals surface area contributed by atoms with Crippen LogP contribution in [0.2, 0.25) is 0 Å². The lowest BCUT2D eigenvalue weighted by molar-refractivity contribution is -0.130. The van der Waals surface area contributed by atoms with Gasteiger partial charge in [0.05, 0.1) is 11.9 Å². The standard InChI is InChI=1S/C20H26N2O3S/c1-21(17-11-4-3-5-12-17)20(23)15-22(26(2,24)25)19-14-8-10-16-9-6-7-13-18(16)19/h6-10,13-14,17H,3-5,11-12,15H2,1-2H3. The Morgan fingerprint density at radius 2 is 1.69 bits per heavy atom. The number of anilines is 1. The smallest absolute Gasteiger partial charge is 0.243 e. The maximum absolute atomic E-state index is 12.8. The van der Waals surface area contributed by atoms with Gasteiger partial charge in [-0.1, -0.05) is 55.7 Å². The van der Waals surface area contributed by atoms with Gasteiger partial charge in [-0.05, 0) is 24.3 Å². The Balaban J connectivity index is 1.90. The molecule has 1 amide bonds. The van der Waals surface area contributed by atoms with Crippen molar-refractivity contribution in [2.75, 3.05) is 24.2 Å². The predicted octanol–water partition coefficient (Wildman–Crippen LogP) is 3.40. The Morgan fingerprint density at radius 3 is 2.38 bits per heavy atom. The van der Waals surface area contributed by atoms with Crippen LogP contribution < -0.4 is 4.31 Å².